The zero-order chi connectivity index (χ0) is 15.5. The number of amides is 1. The summed E-state index contributed by atoms with van der Waals surface area (Å²) < 4.78 is 0. The van der Waals surface area contributed by atoms with E-state index < -0.39 is 11.4 Å². The Morgan fingerprint density at radius 1 is 1.43 bits per heavy atom. The first-order valence-corrected chi connectivity index (χ1v) is 7.32. The molecule has 3 N–H and O–H groups in total. The molecule has 1 aliphatic rings. The number of hydrogen-bond acceptors (Lipinski definition) is 3. The summed E-state index contributed by atoms with van der Waals surface area (Å²) in [4.78, 5) is 23.7. The van der Waals surface area contributed by atoms with E-state index in [-0.39, 0.29) is 18.4 Å². The van der Waals surface area contributed by atoms with Crippen LogP contribution in [0.15, 0.2) is 24.3 Å². The smallest absolute Gasteiger partial charge is 0.311 e. The first kappa shape index (κ1) is 15.4. The normalized spacial score (nSPS) is 19.8. The van der Waals surface area contributed by atoms with Crippen LogP contribution in [0.5, 0.6) is 0 Å². The van der Waals surface area contributed by atoms with Crippen LogP contribution >= 0.6 is 0 Å². The van der Waals surface area contributed by atoms with E-state index in [1.165, 1.54) is 0 Å². The van der Waals surface area contributed by atoms with E-state index in [4.69, 9.17) is 0 Å². The van der Waals surface area contributed by atoms with Crippen LogP contribution in [0.4, 0.5) is 5.69 Å². The second-order valence-corrected chi connectivity index (χ2v) is 5.79. The van der Waals surface area contributed by atoms with E-state index >= 15 is 0 Å². The predicted octanol–water partition coefficient (Wildman–Crippen LogP) is 2.20. The first-order chi connectivity index (χ1) is 9.98. The number of carboxylic acids is 1. The summed E-state index contributed by atoms with van der Waals surface area (Å²) in [5.41, 5.74) is 1.05. The Morgan fingerprint density at radius 2 is 2.14 bits per heavy atom. The maximum absolute atomic E-state index is 12.4. The number of aliphatic carboxylic acids is 1. The Morgan fingerprint density at radius 3 is 2.81 bits per heavy atom. The minimum atomic E-state index is -0.915. The van der Waals surface area contributed by atoms with Gasteiger partial charge in [0, 0.05) is 18.8 Å². The third-order valence-electron chi connectivity index (χ3n) is 4.35. The lowest BCUT2D eigenvalue weighted by atomic mass is 9.86. The average Bonchev–Trinajstić information content (AvgIpc) is 2.51. The molecule has 0 saturated heterocycles. The molecule has 0 aliphatic carbocycles. The lowest BCUT2D eigenvalue weighted by Gasteiger charge is -2.28. The molecule has 114 valence electrons. The van der Waals surface area contributed by atoms with E-state index in [9.17, 15) is 14.7 Å². The van der Waals surface area contributed by atoms with Crippen molar-refractivity contribution in [2.75, 3.05) is 18.4 Å². The van der Waals surface area contributed by atoms with Gasteiger partial charge in [0.25, 0.3) is 0 Å². The Kier molecular flexibility index (Phi) is 4.50. The SMILES string of the molecule is CCC(C)(CNC(=O)C1CCNc2ccccc21)C(=O)O. The van der Waals surface area contributed by atoms with Gasteiger partial charge in [0.05, 0.1) is 11.3 Å². The van der Waals surface area contributed by atoms with Crippen LogP contribution in [0.1, 0.15) is 38.2 Å². The van der Waals surface area contributed by atoms with Crippen molar-refractivity contribution >= 4 is 17.6 Å². The lowest BCUT2D eigenvalue weighted by Crippen LogP contribution is -2.43. The van der Waals surface area contributed by atoms with Gasteiger partial charge in [-0.3, -0.25) is 9.59 Å². The summed E-state index contributed by atoms with van der Waals surface area (Å²) in [5, 5.41) is 15.3. The molecule has 0 bridgehead atoms. The number of carboxylic acid groups (broad SMARTS) is 1. The molecule has 0 saturated carbocycles. The molecule has 0 spiro atoms. The Bertz CT molecular complexity index is 544. The first-order valence-electron chi connectivity index (χ1n) is 7.32. The highest BCUT2D eigenvalue weighted by Gasteiger charge is 2.33. The molecule has 21 heavy (non-hydrogen) atoms. The zero-order valence-electron chi connectivity index (χ0n) is 12.5. The van der Waals surface area contributed by atoms with Crippen molar-refractivity contribution in [3.8, 4) is 0 Å². The molecule has 2 atom stereocenters. The predicted molar refractivity (Wildman–Crippen MR) is 81.3 cm³/mol. The standard InChI is InChI=1S/C16H22N2O3/c1-3-16(2,15(20)21)10-18-14(19)12-8-9-17-13-7-5-4-6-11(12)13/h4-7,12,17H,3,8-10H2,1-2H3,(H,18,19)(H,20,21). The van der Waals surface area contributed by atoms with Crippen molar-refractivity contribution in [2.24, 2.45) is 5.41 Å². The van der Waals surface area contributed by atoms with Gasteiger partial charge in [0.1, 0.15) is 0 Å². The highest BCUT2D eigenvalue weighted by Crippen LogP contribution is 2.31. The molecule has 5 heteroatoms. The number of para-hydroxylation sites is 1. The number of hydrogen-bond donors (Lipinski definition) is 3. The largest absolute Gasteiger partial charge is 0.481 e. The zero-order valence-corrected chi connectivity index (χ0v) is 12.5. The fourth-order valence-corrected chi connectivity index (χ4v) is 2.50. The molecule has 2 unspecified atom stereocenters. The van der Waals surface area contributed by atoms with Gasteiger partial charge >= 0.3 is 5.97 Å². The Labute approximate surface area is 124 Å². The van der Waals surface area contributed by atoms with Gasteiger partial charge < -0.3 is 15.7 Å². The van der Waals surface area contributed by atoms with E-state index in [2.05, 4.69) is 10.6 Å². The topological polar surface area (TPSA) is 78.4 Å². The van der Waals surface area contributed by atoms with Crippen LogP contribution in [0, 0.1) is 5.41 Å². The van der Waals surface area contributed by atoms with Crippen molar-refractivity contribution < 1.29 is 14.7 Å². The summed E-state index contributed by atoms with van der Waals surface area (Å²) in [6.45, 7) is 4.38. The molecule has 1 heterocycles. The molecule has 2 rings (SSSR count). The maximum atomic E-state index is 12.4. The molecular formula is C16H22N2O3. The molecule has 0 aromatic heterocycles. The number of fused-ring (bicyclic) bond motifs is 1. The highest BCUT2D eigenvalue weighted by molar-refractivity contribution is 5.87. The fraction of sp³-hybridized carbons (Fsp3) is 0.500. The molecule has 1 aromatic carbocycles. The van der Waals surface area contributed by atoms with E-state index in [1.54, 1.807) is 6.92 Å². The maximum Gasteiger partial charge on any atom is 0.311 e. The summed E-state index contributed by atoms with van der Waals surface area (Å²) >= 11 is 0. The number of carbonyl (C=O) groups is 2. The lowest BCUT2D eigenvalue weighted by molar-refractivity contribution is -0.148. The molecule has 1 amide bonds. The van der Waals surface area contributed by atoms with Gasteiger partial charge in [0.15, 0.2) is 0 Å². The van der Waals surface area contributed by atoms with Gasteiger partial charge in [-0.2, -0.15) is 0 Å². The monoisotopic (exact) mass is 290 g/mol. The molecule has 0 fully saturated rings. The van der Waals surface area contributed by atoms with E-state index in [0.717, 1.165) is 24.2 Å². The molecule has 5 nitrogen and oxygen atoms in total. The summed E-state index contributed by atoms with van der Waals surface area (Å²) in [6.07, 6.45) is 1.20. The van der Waals surface area contributed by atoms with Gasteiger partial charge in [-0.05, 0) is 31.4 Å². The van der Waals surface area contributed by atoms with Gasteiger partial charge in [0.2, 0.25) is 5.91 Å². The Balaban J connectivity index is 2.07. The molecule has 1 aromatic rings. The highest BCUT2D eigenvalue weighted by atomic mass is 16.4. The van der Waals surface area contributed by atoms with Crippen LogP contribution in [-0.2, 0) is 9.59 Å². The minimum Gasteiger partial charge on any atom is -0.481 e. The summed E-state index contributed by atoms with van der Waals surface area (Å²) in [7, 11) is 0. The van der Waals surface area contributed by atoms with Crippen molar-refractivity contribution in [1.82, 2.24) is 5.32 Å². The number of nitrogens with one attached hydrogen (secondary N) is 2. The third kappa shape index (κ3) is 3.17. The van der Waals surface area contributed by atoms with Crippen molar-refractivity contribution in [1.29, 1.82) is 0 Å². The van der Waals surface area contributed by atoms with Crippen LogP contribution in [0.25, 0.3) is 0 Å². The average molecular weight is 290 g/mol. The summed E-state index contributed by atoms with van der Waals surface area (Å²) in [5.74, 6) is -1.18. The number of carbonyl (C=O) groups excluding carboxylic acids is 1. The fourth-order valence-electron chi connectivity index (χ4n) is 2.50. The van der Waals surface area contributed by atoms with Crippen LogP contribution in [-0.4, -0.2) is 30.1 Å². The van der Waals surface area contributed by atoms with E-state index in [1.807, 2.05) is 31.2 Å². The number of benzene rings is 1. The number of rotatable bonds is 5. The second-order valence-electron chi connectivity index (χ2n) is 5.79. The quantitative estimate of drug-likeness (QED) is 0.777. The number of anilines is 1. The molecule has 0 radical (unpaired) electrons. The minimum absolute atomic E-state index is 0.0927. The Hall–Kier alpha value is -2.04. The molecular weight excluding hydrogens is 268 g/mol. The van der Waals surface area contributed by atoms with Crippen molar-refractivity contribution in [3.05, 3.63) is 29.8 Å². The van der Waals surface area contributed by atoms with Gasteiger partial charge in [-0.15, -0.1) is 0 Å². The second kappa shape index (κ2) is 6.16. The summed E-state index contributed by atoms with van der Waals surface area (Å²) in [6, 6.07) is 7.76. The third-order valence-corrected chi connectivity index (χ3v) is 4.35. The van der Waals surface area contributed by atoms with Crippen molar-refractivity contribution in [3.63, 3.8) is 0 Å². The van der Waals surface area contributed by atoms with Crippen molar-refractivity contribution in [2.45, 2.75) is 32.6 Å². The van der Waals surface area contributed by atoms with Crippen LogP contribution in [0.2, 0.25) is 0 Å². The molecule has 1 aliphatic heterocycles. The van der Waals surface area contributed by atoms with Gasteiger partial charge in [-0.1, -0.05) is 25.1 Å². The van der Waals surface area contributed by atoms with Crippen LogP contribution < -0.4 is 10.6 Å². The van der Waals surface area contributed by atoms with Crippen LogP contribution in [0.3, 0.4) is 0 Å². The van der Waals surface area contributed by atoms with E-state index in [0.29, 0.717) is 6.42 Å². The van der Waals surface area contributed by atoms with Gasteiger partial charge in [-0.25, -0.2) is 0 Å².